The number of rotatable bonds is 6. The van der Waals surface area contributed by atoms with Crippen molar-refractivity contribution in [1.29, 1.82) is 0 Å². The SMILES string of the molecule is Cc1cc([AsH]C2=CN(Sc3ccc(NC(=O)NC(C)C)cc3)Cc3nccn32)n[nH]1. The van der Waals surface area contributed by atoms with Crippen LogP contribution in [0.15, 0.2) is 53.8 Å². The Morgan fingerprint density at radius 1 is 1.30 bits per heavy atom. The molecule has 30 heavy (non-hydrogen) atoms. The summed E-state index contributed by atoms with van der Waals surface area (Å²) in [7, 11) is 0. The zero-order valence-electron chi connectivity index (χ0n) is 17.0. The maximum atomic E-state index is 11.8. The number of urea groups is 1. The van der Waals surface area contributed by atoms with Gasteiger partial charge in [0, 0.05) is 0 Å². The van der Waals surface area contributed by atoms with Gasteiger partial charge in [-0.25, -0.2) is 0 Å². The average molecular weight is 485 g/mol. The standard InChI is InChI=1S/C20H24AsN7OS/c1-13(2)23-20(29)24-15-4-6-16(7-5-15)30-27-11-18(21-17-10-14(3)25-26-17)28-9-8-22-19(28)12-27/h4-11,13,21H,12H2,1-3H3,(H,25,26)(H2,23,24,29). The van der Waals surface area contributed by atoms with Crippen LogP contribution < -0.4 is 15.1 Å². The number of H-pyrrole nitrogens is 1. The van der Waals surface area contributed by atoms with Crippen LogP contribution >= 0.6 is 11.9 Å². The van der Waals surface area contributed by atoms with E-state index in [0.717, 1.165) is 33.1 Å². The molecular formula is C20H24AsN7OS. The minimum absolute atomic E-state index is 0.0982. The Labute approximate surface area is 186 Å². The molecule has 2 aromatic heterocycles. The first-order valence-electron chi connectivity index (χ1n) is 9.62. The van der Waals surface area contributed by atoms with E-state index in [0.29, 0.717) is 0 Å². The second kappa shape index (κ2) is 9.02. The number of hydrogen-bond donors (Lipinski definition) is 3. The molecule has 0 saturated carbocycles. The molecule has 0 saturated heterocycles. The summed E-state index contributed by atoms with van der Waals surface area (Å²) in [6.45, 7) is 6.61. The van der Waals surface area contributed by atoms with E-state index in [2.05, 4.69) is 47.0 Å². The van der Waals surface area contributed by atoms with Gasteiger partial charge in [0.15, 0.2) is 0 Å². The number of amides is 2. The molecule has 3 aromatic rings. The molecule has 3 heterocycles. The van der Waals surface area contributed by atoms with Crippen molar-refractivity contribution in [2.75, 3.05) is 5.32 Å². The van der Waals surface area contributed by atoms with Gasteiger partial charge < -0.3 is 0 Å². The van der Waals surface area contributed by atoms with Crippen LogP contribution in [0.2, 0.25) is 0 Å². The van der Waals surface area contributed by atoms with E-state index in [1.165, 1.54) is 4.48 Å². The Morgan fingerprint density at radius 2 is 2.10 bits per heavy atom. The number of carbonyl (C=O) groups is 1. The number of benzene rings is 1. The summed E-state index contributed by atoms with van der Waals surface area (Å²) in [6.07, 6.45) is 6.07. The van der Waals surface area contributed by atoms with Crippen molar-refractivity contribution in [3.05, 3.63) is 60.4 Å². The summed E-state index contributed by atoms with van der Waals surface area (Å²) in [6, 6.07) is 9.87. The molecule has 1 aliphatic heterocycles. The first-order chi connectivity index (χ1) is 14.5. The van der Waals surface area contributed by atoms with E-state index < -0.39 is 15.8 Å². The van der Waals surface area contributed by atoms with Gasteiger partial charge in [0.05, 0.1) is 0 Å². The normalized spacial score (nSPS) is 13.6. The van der Waals surface area contributed by atoms with Gasteiger partial charge in [-0.1, -0.05) is 0 Å². The predicted molar refractivity (Wildman–Crippen MR) is 122 cm³/mol. The van der Waals surface area contributed by atoms with E-state index in [4.69, 9.17) is 0 Å². The molecule has 1 unspecified atom stereocenters. The molecule has 0 radical (unpaired) electrons. The Hall–Kier alpha value is -2.64. The van der Waals surface area contributed by atoms with Gasteiger partial charge >= 0.3 is 173 Å². The van der Waals surface area contributed by atoms with Crippen LogP contribution in [0.25, 0.3) is 4.48 Å². The number of carbonyl (C=O) groups excluding carboxylic acids is 1. The van der Waals surface area contributed by atoms with E-state index in [1.807, 2.05) is 57.4 Å². The number of nitrogens with zero attached hydrogens (tertiary/aromatic N) is 4. The maximum absolute atomic E-state index is 11.8. The molecule has 4 rings (SSSR count). The molecule has 3 N–H and O–H groups in total. The fourth-order valence-electron chi connectivity index (χ4n) is 2.98. The summed E-state index contributed by atoms with van der Waals surface area (Å²) < 4.78 is 6.76. The number of hydrogen-bond acceptors (Lipinski definition) is 5. The first-order valence-corrected chi connectivity index (χ1v) is 12.5. The number of aryl methyl sites for hydroxylation is 1. The zero-order valence-corrected chi connectivity index (χ0v) is 19.9. The van der Waals surface area contributed by atoms with Crippen LogP contribution in [0.3, 0.4) is 0 Å². The molecule has 10 heteroatoms. The first kappa shape index (κ1) is 20.6. The Kier molecular flexibility index (Phi) is 6.20. The summed E-state index contributed by atoms with van der Waals surface area (Å²) >= 11 is 1.07. The Balaban J connectivity index is 1.45. The summed E-state index contributed by atoms with van der Waals surface area (Å²) in [5.74, 6) is 1.03. The number of imidazole rings is 1. The molecular weight excluding hydrogens is 461 g/mol. The topological polar surface area (TPSA) is 90.9 Å². The zero-order chi connectivity index (χ0) is 21.1. The summed E-state index contributed by atoms with van der Waals surface area (Å²) in [5.41, 5.74) is 1.85. The van der Waals surface area contributed by atoms with Crippen molar-refractivity contribution in [2.24, 2.45) is 0 Å². The van der Waals surface area contributed by atoms with Gasteiger partial charge in [-0.3, -0.25) is 0 Å². The van der Waals surface area contributed by atoms with Crippen LogP contribution in [0.4, 0.5) is 10.5 Å². The average Bonchev–Trinajstić information content (AvgIpc) is 3.31. The van der Waals surface area contributed by atoms with Crippen LogP contribution in [0, 0.1) is 6.92 Å². The van der Waals surface area contributed by atoms with Crippen molar-refractivity contribution in [3.8, 4) is 0 Å². The predicted octanol–water partition coefficient (Wildman–Crippen LogP) is 2.49. The van der Waals surface area contributed by atoms with Gasteiger partial charge in [-0.05, 0) is 13.8 Å². The van der Waals surface area contributed by atoms with E-state index >= 15 is 0 Å². The quantitative estimate of drug-likeness (QED) is 0.369. The van der Waals surface area contributed by atoms with Crippen LogP contribution in [0.1, 0.15) is 25.4 Å². The van der Waals surface area contributed by atoms with Crippen molar-refractivity contribution in [1.82, 2.24) is 29.4 Å². The van der Waals surface area contributed by atoms with Crippen LogP contribution in [0.5, 0.6) is 0 Å². The molecule has 0 aliphatic carbocycles. The van der Waals surface area contributed by atoms with E-state index in [-0.39, 0.29) is 12.1 Å². The number of anilines is 1. The van der Waals surface area contributed by atoms with Crippen molar-refractivity contribution >= 4 is 48.4 Å². The fraction of sp³-hybridized carbons (Fsp3) is 0.250. The third-order valence-corrected chi connectivity index (χ3v) is 7.60. The molecule has 1 atom stereocenters. The number of aromatic nitrogens is 4. The van der Waals surface area contributed by atoms with E-state index in [1.54, 1.807) is 11.9 Å². The second-order valence-electron chi connectivity index (χ2n) is 7.23. The molecule has 0 bridgehead atoms. The third kappa shape index (κ3) is 5.09. The van der Waals surface area contributed by atoms with E-state index in [9.17, 15) is 4.79 Å². The molecule has 2 amide bonds. The third-order valence-electron chi connectivity index (χ3n) is 4.26. The molecule has 0 fully saturated rings. The summed E-state index contributed by atoms with van der Waals surface area (Å²) in [5, 5.41) is 13.1. The van der Waals surface area contributed by atoms with Crippen molar-refractivity contribution in [2.45, 2.75) is 38.3 Å². The van der Waals surface area contributed by atoms with Gasteiger partial charge in [0.25, 0.3) is 0 Å². The molecule has 1 aromatic carbocycles. The monoisotopic (exact) mass is 485 g/mol. The van der Waals surface area contributed by atoms with Crippen LogP contribution in [-0.4, -0.2) is 51.9 Å². The number of aromatic amines is 1. The number of nitrogens with one attached hydrogen (secondary N) is 3. The van der Waals surface area contributed by atoms with Gasteiger partial charge in [0.1, 0.15) is 0 Å². The van der Waals surface area contributed by atoms with Gasteiger partial charge in [-0.15, -0.1) is 0 Å². The second-order valence-corrected chi connectivity index (χ2v) is 11.0. The number of fused-ring (bicyclic) bond motifs is 1. The Morgan fingerprint density at radius 3 is 2.80 bits per heavy atom. The molecule has 156 valence electrons. The molecule has 0 spiro atoms. The fourth-order valence-corrected chi connectivity index (χ4v) is 6.57. The molecule has 8 nitrogen and oxygen atoms in total. The van der Waals surface area contributed by atoms with Crippen LogP contribution in [-0.2, 0) is 6.54 Å². The van der Waals surface area contributed by atoms with Gasteiger partial charge in [0.2, 0.25) is 0 Å². The van der Waals surface area contributed by atoms with Gasteiger partial charge in [-0.2, -0.15) is 0 Å². The summed E-state index contributed by atoms with van der Waals surface area (Å²) in [4.78, 5) is 17.5. The van der Waals surface area contributed by atoms with Crippen molar-refractivity contribution < 1.29 is 4.79 Å². The Bertz CT molecular complexity index is 1060. The molecule has 1 aliphatic rings. The minimum atomic E-state index is -0.588. The van der Waals surface area contributed by atoms with Crippen molar-refractivity contribution in [3.63, 3.8) is 0 Å².